The van der Waals surface area contributed by atoms with E-state index in [9.17, 15) is 15.0 Å². The first-order chi connectivity index (χ1) is 12.7. The minimum absolute atomic E-state index is 0.0160. The molecule has 5 heteroatoms. The highest BCUT2D eigenvalue weighted by atomic mass is 79.9. The van der Waals surface area contributed by atoms with Gasteiger partial charge in [0.05, 0.1) is 12.2 Å². The molecule has 2 N–H and O–H groups in total. The highest BCUT2D eigenvalue weighted by Crippen LogP contribution is 2.25. The van der Waals surface area contributed by atoms with Gasteiger partial charge in [-0.15, -0.1) is 0 Å². The standard InChI is InChI=1S/C22H33BrO4/c1-14-10-8-12-20(25)27-22(16(3)13-23)15(2)9-6-7-11-19(24)18(5)21(26)17(14)4/h6-7,9-11,13,15,17-19,21-22,24,26H,8,12H2,1-5H3/b9-6-,11-7-,14-10+,16-13+/t15-,17+,18+,19-,21-,22-/m1/s1. The molecule has 152 valence electrons. The zero-order valence-corrected chi connectivity index (χ0v) is 18.5. The third-order valence-electron chi connectivity index (χ3n) is 5.31. The van der Waals surface area contributed by atoms with Crippen LogP contribution in [-0.4, -0.2) is 34.5 Å². The van der Waals surface area contributed by atoms with Crippen LogP contribution >= 0.6 is 15.9 Å². The molecule has 0 amide bonds. The van der Waals surface area contributed by atoms with Gasteiger partial charge >= 0.3 is 5.97 Å². The van der Waals surface area contributed by atoms with E-state index >= 15 is 0 Å². The van der Waals surface area contributed by atoms with Crippen LogP contribution in [0.4, 0.5) is 0 Å². The molecule has 0 bridgehead atoms. The summed E-state index contributed by atoms with van der Waals surface area (Å²) < 4.78 is 5.70. The molecule has 4 nitrogen and oxygen atoms in total. The molecule has 0 aromatic rings. The zero-order valence-electron chi connectivity index (χ0n) is 16.9. The van der Waals surface area contributed by atoms with E-state index in [1.807, 2.05) is 52.8 Å². The summed E-state index contributed by atoms with van der Waals surface area (Å²) in [6.07, 6.45) is 8.33. The van der Waals surface area contributed by atoms with Gasteiger partial charge < -0.3 is 14.9 Å². The van der Waals surface area contributed by atoms with E-state index in [0.29, 0.717) is 12.8 Å². The van der Waals surface area contributed by atoms with Gasteiger partial charge in [-0.05, 0) is 30.8 Å². The summed E-state index contributed by atoms with van der Waals surface area (Å²) in [5, 5.41) is 20.9. The number of carbonyl (C=O) groups excluding carboxylic acids is 1. The molecule has 1 aliphatic heterocycles. The molecule has 0 saturated heterocycles. The Hall–Kier alpha value is -1.17. The van der Waals surface area contributed by atoms with Crippen molar-refractivity contribution >= 4 is 21.9 Å². The van der Waals surface area contributed by atoms with Crippen molar-refractivity contribution in [3.63, 3.8) is 0 Å². The molecule has 0 aromatic carbocycles. The van der Waals surface area contributed by atoms with Crippen LogP contribution in [-0.2, 0) is 9.53 Å². The summed E-state index contributed by atoms with van der Waals surface area (Å²) in [5.41, 5.74) is 1.94. The van der Waals surface area contributed by atoms with Gasteiger partial charge in [-0.3, -0.25) is 4.79 Å². The molecule has 0 saturated carbocycles. The van der Waals surface area contributed by atoms with Crippen LogP contribution in [0, 0.1) is 17.8 Å². The Kier molecular flexibility index (Phi) is 10.3. The largest absolute Gasteiger partial charge is 0.457 e. The minimum atomic E-state index is -0.735. The molecule has 0 radical (unpaired) electrons. The molecule has 0 aliphatic carbocycles. The van der Waals surface area contributed by atoms with Crippen molar-refractivity contribution in [3.8, 4) is 0 Å². The third-order valence-corrected chi connectivity index (χ3v) is 6.04. The lowest BCUT2D eigenvalue weighted by atomic mass is 9.85. The van der Waals surface area contributed by atoms with Crippen LogP contribution in [0.3, 0.4) is 0 Å². The average molecular weight is 441 g/mol. The van der Waals surface area contributed by atoms with Crippen LogP contribution in [0.5, 0.6) is 0 Å². The second-order valence-corrected chi connectivity index (χ2v) is 7.97. The maximum absolute atomic E-state index is 12.3. The molecule has 6 atom stereocenters. The smallest absolute Gasteiger partial charge is 0.306 e. The number of aliphatic hydroxyl groups is 2. The maximum Gasteiger partial charge on any atom is 0.306 e. The van der Waals surface area contributed by atoms with Crippen LogP contribution in [0.1, 0.15) is 47.5 Å². The summed E-state index contributed by atoms with van der Waals surface area (Å²) in [6.45, 7) is 9.63. The molecule has 0 spiro atoms. The van der Waals surface area contributed by atoms with E-state index < -0.39 is 12.2 Å². The summed E-state index contributed by atoms with van der Waals surface area (Å²) in [4.78, 5) is 14.1. The maximum atomic E-state index is 12.3. The predicted octanol–water partition coefficient (Wildman–Crippen LogP) is 4.68. The van der Waals surface area contributed by atoms with E-state index in [2.05, 4.69) is 15.9 Å². The van der Waals surface area contributed by atoms with Crippen LogP contribution in [0.2, 0.25) is 0 Å². The van der Waals surface area contributed by atoms with Crippen molar-refractivity contribution in [2.24, 2.45) is 17.8 Å². The van der Waals surface area contributed by atoms with E-state index in [4.69, 9.17) is 4.74 Å². The number of allylic oxidation sites excluding steroid dienone is 3. The second-order valence-electron chi connectivity index (χ2n) is 7.51. The number of cyclic esters (lactones) is 1. The highest BCUT2D eigenvalue weighted by molar-refractivity contribution is 9.11. The Morgan fingerprint density at radius 2 is 1.85 bits per heavy atom. The molecular formula is C22H33BrO4. The second kappa shape index (κ2) is 11.6. The van der Waals surface area contributed by atoms with Crippen molar-refractivity contribution in [1.29, 1.82) is 0 Å². The normalized spacial score (nSPS) is 39.2. The number of hydrogen-bond acceptors (Lipinski definition) is 4. The van der Waals surface area contributed by atoms with Gasteiger partial charge in [-0.25, -0.2) is 0 Å². The number of aliphatic hydroxyl groups excluding tert-OH is 2. The minimum Gasteiger partial charge on any atom is -0.457 e. The van der Waals surface area contributed by atoms with E-state index in [1.54, 1.807) is 17.1 Å². The van der Waals surface area contributed by atoms with Gasteiger partial charge in [-0.2, -0.15) is 0 Å². The fourth-order valence-corrected chi connectivity index (χ4v) is 3.36. The van der Waals surface area contributed by atoms with Crippen molar-refractivity contribution in [3.05, 3.63) is 46.5 Å². The highest BCUT2D eigenvalue weighted by Gasteiger charge is 2.27. The Morgan fingerprint density at radius 3 is 2.48 bits per heavy atom. The number of esters is 1. The molecule has 1 rings (SSSR count). The lowest BCUT2D eigenvalue weighted by molar-refractivity contribution is -0.148. The number of halogens is 1. The van der Waals surface area contributed by atoms with Crippen molar-refractivity contribution in [2.45, 2.75) is 65.8 Å². The SMILES string of the molecule is C/C1=C\CCC(=O)O[C@@H](/C(C)=C/Br)[C@H](C)/C=C\C=C/[C@@H](O)[C@H](C)[C@H](O)[C@H]1C. The Labute approximate surface area is 171 Å². The van der Waals surface area contributed by atoms with Crippen LogP contribution < -0.4 is 0 Å². The molecule has 0 unspecified atom stereocenters. The predicted molar refractivity (Wildman–Crippen MR) is 113 cm³/mol. The first kappa shape index (κ1) is 23.9. The molecular weight excluding hydrogens is 408 g/mol. The zero-order chi connectivity index (χ0) is 20.6. The number of rotatable bonds is 1. The first-order valence-corrected chi connectivity index (χ1v) is 10.4. The summed E-state index contributed by atoms with van der Waals surface area (Å²) in [5.74, 6) is -0.654. The monoisotopic (exact) mass is 440 g/mol. The van der Waals surface area contributed by atoms with Crippen molar-refractivity contribution in [2.75, 3.05) is 0 Å². The number of ether oxygens (including phenoxy) is 1. The molecule has 27 heavy (non-hydrogen) atoms. The summed E-state index contributed by atoms with van der Waals surface area (Å²) in [6, 6.07) is 0. The van der Waals surface area contributed by atoms with E-state index in [-0.39, 0.29) is 29.8 Å². The fourth-order valence-electron chi connectivity index (χ4n) is 3.10. The van der Waals surface area contributed by atoms with E-state index in [1.165, 1.54) is 0 Å². The Balaban J connectivity index is 3.13. The van der Waals surface area contributed by atoms with Gasteiger partial charge in [0, 0.05) is 24.2 Å². The van der Waals surface area contributed by atoms with E-state index in [0.717, 1.165) is 11.1 Å². The molecule has 0 fully saturated rings. The molecule has 0 aromatic heterocycles. The lowest BCUT2D eigenvalue weighted by Gasteiger charge is -2.28. The van der Waals surface area contributed by atoms with Gasteiger partial charge in [-0.1, -0.05) is 72.7 Å². The third kappa shape index (κ3) is 7.40. The molecule has 1 heterocycles. The lowest BCUT2D eigenvalue weighted by Crippen LogP contribution is -2.33. The van der Waals surface area contributed by atoms with Gasteiger partial charge in [0.15, 0.2) is 0 Å². The fraction of sp³-hybridized carbons (Fsp3) is 0.591. The van der Waals surface area contributed by atoms with Crippen LogP contribution in [0.25, 0.3) is 0 Å². The van der Waals surface area contributed by atoms with Gasteiger partial charge in [0.25, 0.3) is 0 Å². The first-order valence-electron chi connectivity index (χ1n) is 9.53. The van der Waals surface area contributed by atoms with Gasteiger partial charge in [0.2, 0.25) is 0 Å². The average Bonchev–Trinajstić information content (AvgIpc) is 2.65. The quantitative estimate of drug-likeness (QED) is 0.458. The van der Waals surface area contributed by atoms with Gasteiger partial charge in [0.1, 0.15) is 6.10 Å². The Morgan fingerprint density at radius 1 is 1.22 bits per heavy atom. The topological polar surface area (TPSA) is 66.8 Å². The Bertz CT molecular complexity index is 605. The number of hydrogen-bond donors (Lipinski definition) is 2. The van der Waals surface area contributed by atoms with Crippen molar-refractivity contribution in [1.82, 2.24) is 0 Å². The summed E-state index contributed by atoms with van der Waals surface area (Å²) >= 11 is 3.32. The number of carbonyl (C=O) groups is 1. The van der Waals surface area contributed by atoms with Crippen LogP contribution in [0.15, 0.2) is 46.5 Å². The van der Waals surface area contributed by atoms with Crippen molar-refractivity contribution < 1.29 is 19.7 Å². The summed E-state index contributed by atoms with van der Waals surface area (Å²) in [7, 11) is 0. The molecule has 1 aliphatic rings.